The average molecular weight is 435 g/mol. The molecule has 0 bridgehead atoms. The minimum absolute atomic E-state index is 0.0461. The van der Waals surface area contributed by atoms with Crippen molar-refractivity contribution in [3.8, 4) is 0 Å². The molecule has 1 atom stereocenters. The normalized spacial score (nSPS) is 16.9. The molecule has 8 heteroatoms. The Morgan fingerprint density at radius 1 is 1.28 bits per heavy atom. The van der Waals surface area contributed by atoms with E-state index in [1.165, 1.54) is 18.0 Å². The first-order valence-electron chi connectivity index (χ1n) is 9.42. The Morgan fingerprint density at radius 2 is 2.03 bits per heavy atom. The number of para-hydroxylation sites is 1. The molecule has 154 valence electrons. The van der Waals surface area contributed by atoms with E-state index in [4.69, 9.17) is 11.6 Å². The van der Waals surface area contributed by atoms with Crippen LogP contribution in [-0.4, -0.2) is 30.6 Å². The summed E-state index contributed by atoms with van der Waals surface area (Å²) >= 11 is 7.46. The number of likely N-dealkylation sites (tertiary alicyclic amines) is 1. The Kier molecular flexibility index (Phi) is 7.94. The lowest BCUT2D eigenvalue weighted by atomic mass is 10.1. The lowest BCUT2D eigenvalue weighted by Gasteiger charge is -2.24. The van der Waals surface area contributed by atoms with Gasteiger partial charge in [0.15, 0.2) is 0 Å². The van der Waals surface area contributed by atoms with Crippen LogP contribution in [0.15, 0.2) is 59.5 Å². The number of benzene rings is 2. The van der Waals surface area contributed by atoms with Crippen molar-refractivity contribution in [3.05, 3.63) is 75.9 Å². The van der Waals surface area contributed by atoms with Gasteiger partial charge >= 0.3 is 6.03 Å². The summed E-state index contributed by atoms with van der Waals surface area (Å²) in [5.74, 6) is -0.440. The van der Waals surface area contributed by atoms with Crippen LogP contribution in [0.25, 0.3) is 0 Å². The summed E-state index contributed by atoms with van der Waals surface area (Å²) in [7, 11) is 1.80. The van der Waals surface area contributed by atoms with Gasteiger partial charge in [-0.2, -0.15) is 4.83 Å². The molecule has 0 saturated carbocycles. The van der Waals surface area contributed by atoms with Gasteiger partial charge in [-0.05, 0) is 61.7 Å². The van der Waals surface area contributed by atoms with Crippen molar-refractivity contribution in [1.29, 1.82) is 0 Å². The predicted octanol–water partition coefficient (Wildman–Crippen LogP) is 4.97. The van der Waals surface area contributed by atoms with E-state index >= 15 is 0 Å². The summed E-state index contributed by atoms with van der Waals surface area (Å²) in [4.78, 5) is 18.6. The van der Waals surface area contributed by atoms with Crippen LogP contribution in [-0.2, 0) is 6.42 Å². The Balaban J connectivity index is 1.73. The minimum Gasteiger partial charge on any atom is -0.318 e. The molecule has 1 heterocycles. The van der Waals surface area contributed by atoms with Gasteiger partial charge in [-0.25, -0.2) is 9.18 Å². The summed E-state index contributed by atoms with van der Waals surface area (Å²) in [6.07, 6.45) is 4.60. The number of carbonyl (C=O) groups is 1. The number of hydrazine groups is 1. The van der Waals surface area contributed by atoms with Crippen molar-refractivity contribution in [2.75, 3.05) is 18.9 Å². The van der Waals surface area contributed by atoms with E-state index in [9.17, 15) is 9.18 Å². The van der Waals surface area contributed by atoms with Crippen molar-refractivity contribution in [2.24, 2.45) is 0 Å². The van der Waals surface area contributed by atoms with E-state index in [0.717, 1.165) is 29.7 Å². The molecule has 1 fully saturated rings. The summed E-state index contributed by atoms with van der Waals surface area (Å²) < 4.78 is 13.9. The molecule has 2 amide bonds. The molecule has 0 spiro atoms. The molecule has 3 rings (SSSR count). The standard InChI is InChI=1S/C21H24ClFN4OS/c1-24-26-29-18(13-15-8-10-16(22)11-9-15)14-17-5-4-12-27(17)21(28)25-20-7-3-2-6-19(20)23/h2-3,6-11,14,17,24,26H,4-5,12-13H2,1H3,(H,25,28)/b18-14+. The molecule has 3 N–H and O–H groups in total. The van der Waals surface area contributed by atoms with Crippen LogP contribution in [0.1, 0.15) is 18.4 Å². The highest BCUT2D eigenvalue weighted by molar-refractivity contribution is 8.01. The van der Waals surface area contributed by atoms with Gasteiger partial charge in [0, 0.05) is 22.9 Å². The van der Waals surface area contributed by atoms with Gasteiger partial charge in [0.25, 0.3) is 0 Å². The van der Waals surface area contributed by atoms with E-state index in [1.54, 1.807) is 30.1 Å². The molecule has 0 aliphatic carbocycles. The van der Waals surface area contributed by atoms with E-state index in [0.29, 0.717) is 11.6 Å². The van der Waals surface area contributed by atoms with Crippen LogP contribution >= 0.6 is 23.5 Å². The molecule has 1 saturated heterocycles. The number of rotatable bonds is 7. The number of amides is 2. The third-order valence-corrected chi connectivity index (χ3v) is 5.73. The van der Waals surface area contributed by atoms with Crippen LogP contribution in [0.5, 0.6) is 0 Å². The molecule has 1 aliphatic rings. The second kappa shape index (κ2) is 10.6. The van der Waals surface area contributed by atoms with Crippen molar-refractivity contribution in [3.63, 3.8) is 0 Å². The summed E-state index contributed by atoms with van der Waals surface area (Å²) in [6.45, 7) is 0.639. The average Bonchev–Trinajstić information content (AvgIpc) is 3.18. The number of halogens is 2. The SMILES string of the molecule is CNNS/C(=C/C1CCCN1C(=O)Nc1ccccc1F)Cc1ccc(Cl)cc1. The lowest BCUT2D eigenvalue weighted by molar-refractivity contribution is 0.214. The Bertz CT molecular complexity index is 862. The predicted molar refractivity (Wildman–Crippen MR) is 118 cm³/mol. The smallest absolute Gasteiger partial charge is 0.318 e. The molecule has 2 aromatic carbocycles. The number of nitrogens with one attached hydrogen (secondary N) is 3. The first-order valence-corrected chi connectivity index (χ1v) is 10.6. The number of hydrogen-bond donors (Lipinski definition) is 3. The largest absolute Gasteiger partial charge is 0.322 e. The number of nitrogens with zero attached hydrogens (tertiary/aromatic N) is 1. The van der Waals surface area contributed by atoms with Gasteiger partial charge in [-0.15, -0.1) is 0 Å². The number of allylic oxidation sites excluding steroid dienone is 1. The van der Waals surface area contributed by atoms with Crippen molar-refractivity contribution < 1.29 is 9.18 Å². The second-order valence-corrected chi connectivity index (χ2v) is 8.07. The molecule has 2 aromatic rings. The van der Waals surface area contributed by atoms with Crippen LogP contribution < -0.4 is 15.6 Å². The molecule has 5 nitrogen and oxygen atoms in total. The monoisotopic (exact) mass is 434 g/mol. The highest BCUT2D eigenvalue weighted by Crippen LogP contribution is 2.26. The number of carbonyl (C=O) groups excluding carboxylic acids is 1. The van der Waals surface area contributed by atoms with Gasteiger partial charge in [0.1, 0.15) is 5.82 Å². The molecule has 1 unspecified atom stereocenters. The highest BCUT2D eigenvalue weighted by atomic mass is 35.5. The molecular formula is C21H24ClFN4OS. The maximum atomic E-state index is 13.9. The van der Waals surface area contributed by atoms with Crippen molar-refractivity contribution >= 4 is 35.3 Å². The topological polar surface area (TPSA) is 56.4 Å². The van der Waals surface area contributed by atoms with Crippen LogP contribution in [0, 0.1) is 5.82 Å². The highest BCUT2D eigenvalue weighted by Gasteiger charge is 2.28. The van der Waals surface area contributed by atoms with Gasteiger partial charge in [-0.3, -0.25) is 5.43 Å². The van der Waals surface area contributed by atoms with Crippen LogP contribution in [0.2, 0.25) is 5.02 Å². The summed E-state index contributed by atoms with van der Waals surface area (Å²) in [5, 5.41) is 3.39. The molecule has 0 radical (unpaired) electrons. The zero-order valence-corrected chi connectivity index (χ0v) is 17.7. The fraction of sp³-hybridized carbons (Fsp3) is 0.286. The maximum absolute atomic E-state index is 13.9. The molecule has 1 aliphatic heterocycles. The van der Waals surface area contributed by atoms with Gasteiger partial charge < -0.3 is 10.2 Å². The quantitative estimate of drug-likeness (QED) is 0.425. The fourth-order valence-corrected chi connectivity index (χ4v) is 4.05. The third-order valence-electron chi connectivity index (χ3n) is 4.63. The Hall–Kier alpha value is -2.06. The summed E-state index contributed by atoms with van der Waals surface area (Å²) in [6, 6.07) is 13.6. The van der Waals surface area contributed by atoms with Crippen molar-refractivity contribution in [1.82, 2.24) is 15.2 Å². The zero-order chi connectivity index (χ0) is 20.6. The van der Waals surface area contributed by atoms with Gasteiger partial charge in [0.05, 0.1) is 11.7 Å². The minimum atomic E-state index is -0.440. The Labute approximate surface area is 179 Å². The summed E-state index contributed by atoms with van der Waals surface area (Å²) in [5.41, 5.74) is 4.23. The first kappa shape index (κ1) is 21.6. The van der Waals surface area contributed by atoms with Gasteiger partial charge in [0.2, 0.25) is 0 Å². The number of anilines is 1. The van der Waals surface area contributed by atoms with E-state index in [1.807, 2.05) is 24.3 Å². The van der Waals surface area contributed by atoms with E-state index in [-0.39, 0.29) is 17.8 Å². The molecular weight excluding hydrogens is 411 g/mol. The molecule has 29 heavy (non-hydrogen) atoms. The van der Waals surface area contributed by atoms with Crippen LogP contribution in [0.4, 0.5) is 14.9 Å². The third kappa shape index (κ3) is 6.21. The number of hydrogen-bond acceptors (Lipinski definition) is 4. The fourth-order valence-electron chi connectivity index (χ4n) is 3.23. The van der Waals surface area contributed by atoms with E-state index < -0.39 is 5.82 Å². The van der Waals surface area contributed by atoms with E-state index in [2.05, 4.69) is 21.6 Å². The Morgan fingerprint density at radius 3 is 2.76 bits per heavy atom. The lowest BCUT2D eigenvalue weighted by Crippen LogP contribution is -2.38. The van der Waals surface area contributed by atoms with Crippen LogP contribution in [0.3, 0.4) is 0 Å². The second-order valence-electron chi connectivity index (χ2n) is 6.70. The molecule has 0 aromatic heterocycles. The maximum Gasteiger partial charge on any atom is 0.322 e. The first-order chi connectivity index (χ1) is 14.1. The van der Waals surface area contributed by atoms with Gasteiger partial charge in [-0.1, -0.05) is 41.9 Å². The zero-order valence-electron chi connectivity index (χ0n) is 16.1. The van der Waals surface area contributed by atoms with Crippen molar-refractivity contribution in [2.45, 2.75) is 25.3 Å². The number of urea groups is 1.